The number of carboxylic acids is 1. The Morgan fingerprint density at radius 2 is 2.58 bits per heavy atom. The number of nitrogens with zero attached hydrogens (tertiary/aromatic N) is 2. The molecule has 0 aliphatic rings. The normalized spacial score (nSPS) is 12.8. The van der Waals surface area contributed by atoms with Crippen LogP contribution >= 0.6 is 0 Å². The predicted octanol–water partition coefficient (Wildman–Crippen LogP) is 0.501. The van der Waals surface area contributed by atoms with E-state index >= 15 is 0 Å². The maximum Gasteiger partial charge on any atom is 0.305 e. The molecule has 0 aromatic carbocycles. The van der Waals surface area contributed by atoms with Crippen LogP contribution in [0.4, 0.5) is 5.69 Å². The third-order valence-corrected chi connectivity index (χ3v) is 1.54. The van der Waals surface area contributed by atoms with Crippen molar-refractivity contribution in [1.82, 2.24) is 9.78 Å². The highest BCUT2D eigenvalue weighted by Crippen LogP contribution is 2.10. The minimum atomic E-state index is -0.837. The van der Waals surface area contributed by atoms with Crippen LogP contribution in [0, 0.1) is 0 Å². The van der Waals surface area contributed by atoms with E-state index in [0.717, 1.165) is 0 Å². The van der Waals surface area contributed by atoms with Gasteiger partial charge in [0.25, 0.3) is 0 Å². The number of hydrogen-bond donors (Lipinski definition) is 2. The van der Waals surface area contributed by atoms with Gasteiger partial charge in [0.2, 0.25) is 0 Å². The van der Waals surface area contributed by atoms with Gasteiger partial charge in [-0.2, -0.15) is 5.10 Å². The molecule has 0 saturated carbocycles. The zero-order valence-corrected chi connectivity index (χ0v) is 6.77. The van der Waals surface area contributed by atoms with Gasteiger partial charge in [0.05, 0.1) is 24.3 Å². The second-order valence-corrected chi connectivity index (χ2v) is 2.70. The molecule has 1 atom stereocenters. The van der Waals surface area contributed by atoms with Crippen molar-refractivity contribution in [2.45, 2.75) is 19.4 Å². The first-order valence-electron chi connectivity index (χ1n) is 3.61. The number of rotatable bonds is 3. The third kappa shape index (κ3) is 1.98. The lowest BCUT2D eigenvalue weighted by Crippen LogP contribution is -2.10. The van der Waals surface area contributed by atoms with E-state index < -0.39 is 5.97 Å². The van der Waals surface area contributed by atoms with Crippen LogP contribution in [-0.2, 0) is 4.79 Å². The first kappa shape index (κ1) is 8.58. The Morgan fingerprint density at radius 1 is 1.92 bits per heavy atom. The van der Waals surface area contributed by atoms with E-state index in [1.165, 1.54) is 6.20 Å². The zero-order chi connectivity index (χ0) is 9.14. The molecule has 3 N–H and O–H groups in total. The first-order chi connectivity index (χ1) is 5.59. The van der Waals surface area contributed by atoms with E-state index in [2.05, 4.69) is 5.10 Å². The molecule has 1 aromatic rings. The summed E-state index contributed by atoms with van der Waals surface area (Å²) in [5.74, 6) is -0.837. The van der Waals surface area contributed by atoms with E-state index in [1.54, 1.807) is 17.8 Å². The summed E-state index contributed by atoms with van der Waals surface area (Å²) in [7, 11) is 0. The van der Waals surface area contributed by atoms with Gasteiger partial charge in [-0.05, 0) is 6.92 Å². The molecule has 0 saturated heterocycles. The Balaban J connectivity index is 2.64. The smallest absolute Gasteiger partial charge is 0.305 e. The second kappa shape index (κ2) is 3.25. The fraction of sp³-hybridized carbons (Fsp3) is 0.429. The summed E-state index contributed by atoms with van der Waals surface area (Å²) in [4.78, 5) is 10.3. The van der Waals surface area contributed by atoms with Gasteiger partial charge in [-0.1, -0.05) is 0 Å². The van der Waals surface area contributed by atoms with Crippen LogP contribution in [-0.4, -0.2) is 20.9 Å². The maximum absolute atomic E-state index is 10.3. The highest BCUT2D eigenvalue weighted by atomic mass is 16.4. The summed E-state index contributed by atoms with van der Waals surface area (Å²) in [6.45, 7) is 1.78. The molecule has 0 fully saturated rings. The minimum absolute atomic E-state index is 0.0567. The Morgan fingerprint density at radius 3 is 3.00 bits per heavy atom. The largest absolute Gasteiger partial charge is 0.481 e. The number of carbonyl (C=O) groups is 1. The summed E-state index contributed by atoms with van der Waals surface area (Å²) < 4.78 is 1.55. The van der Waals surface area contributed by atoms with Gasteiger partial charge in [0.15, 0.2) is 0 Å². The quantitative estimate of drug-likeness (QED) is 0.690. The minimum Gasteiger partial charge on any atom is -0.481 e. The number of aliphatic carboxylic acids is 1. The highest BCUT2D eigenvalue weighted by Gasteiger charge is 2.09. The van der Waals surface area contributed by atoms with Crippen LogP contribution in [0.5, 0.6) is 0 Å². The lowest BCUT2D eigenvalue weighted by Gasteiger charge is -2.07. The van der Waals surface area contributed by atoms with E-state index in [1.807, 2.05) is 0 Å². The molecule has 1 heterocycles. The molecule has 1 aromatic heterocycles. The number of nitrogen functional groups attached to an aromatic ring is 1. The van der Waals surface area contributed by atoms with Crippen LogP contribution in [0.25, 0.3) is 0 Å². The molecule has 0 radical (unpaired) electrons. The van der Waals surface area contributed by atoms with Crippen molar-refractivity contribution in [3.05, 3.63) is 12.4 Å². The van der Waals surface area contributed by atoms with Gasteiger partial charge in [0, 0.05) is 6.20 Å². The molecule has 1 unspecified atom stereocenters. The average Bonchev–Trinajstić information content (AvgIpc) is 2.34. The van der Waals surface area contributed by atoms with Crippen molar-refractivity contribution < 1.29 is 9.90 Å². The topological polar surface area (TPSA) is 81.1 Å². The maximum atomic E-state index is 10.3. The standard InChI is InChI=1S/C7H11N3O2/c1-5(2-7(11)12)10-4-6(8)3-9-10/h3-5H,2,8H2,1H3,(H,11,12). The number of carboxylic acid groups (broad SMARTS) is 1. The van der Waals surface area contributed by atoms with E-state index in [-0.39, 0.29) is 12.5 Å². The molecule has 66 valence electrons. The molecule has 1 rings (SSSR count). The second-order valence-electron chi connectivity index (χ2n) is 2.70. The van der Waals surface area contributed by atoms with Crippen molar-refractivity contribution in [2.24, 2.45) is 0 Å². The Labute approximate surface area is 69.8 Å². The molecular formula is C7H11N3O2. The summed E-state index contributed by atoms with van der Waals surface area (Å²) in [5.41, 5.74) is 5.96. The van der Waals surface area contributed by atoms with Gasteiger partial charge in [-0.25, -0.2) is 0 Å². The zero-order valence-electron chi connectivity index (χ0n) is 6.77. The Bertz CT molecular complexity index is 282. The molecule has 0 aliphatic heterocycles. The van der Waals surface area contributed by atoms with E-state index in [9.17, 15) is 4.79 Å². The van der Waals surface area contributed by atoms with E-state index in [0.29, 0.717) is 5.69 Å². The van der Waals surface area contributed by atoms with E-state index in [4.69, 9.17) is 10.8 Å². The van der Waals surface area contributed by atoms with Gasteiger partial charge in [-0.3, -0.25) is 9.48 Å². The number of anilines is 1. The van der Waals surface area contributed by atoms with Gasteiger partial charge in [0.1, 0.15) is 0 Å². The highest BCUT2D eigenvalue weighted by molar-refractivity contribution is 5.67. The molecule has 0 aliphatic carbocycles. The fourth-order valence-corrected chi connectivity index (χ4v) is 0.940. The van der Waals surface area contributed by atoms with Crippen molar-refractivity contribution in [3.8, 4) is 0 Å². The van der Waals surface area contributed by atoms with Crippen molar-refractivity contribution in [1.29, 1.82) is 0 Å². The summed E-state index contributed by atoms with van der Waals surface area (Å²) in [5, 5.41) is 12.4. The summed E-state index contributed by atoms with van der Waals surface area (Å²) in [6.07, 6.45) is 3.17. The number of nitrogens with two attached hydrogens (primary N) is 1. The molecule has 5 heteroatoms. The van der Waals surface area contributed by atoms with Crippen molar-refractivity contribution >= 4 is 11.7 Å². The lowest BCUT2D eigenvalue weighted by molar-refractivity contribution is -0.137. The predicted molar refractivity (Wildman–Crippen MR) is 43.6 cm³/mol. The molecule has 5 nitrogen and oxygen atoms in total. The lowest BCUT2D eigenvalue weighted by atomic mass is 10.2. The van der Waals surface area contributed by atoms with Crippen LogP contribution in [0.1, 0.15) is 19.4 Å². The van der Waals surface area contributed by atoms with Crippen LogP contribution in [0.15, 0.2) is 12.4 Å². The van der Waals surface area contributed by atoms with Crippen LogP contribution in [0.2, 0.25) is 0 Å². The number of hydrogen-bond acceptors (Lipinski definition) is 3. The van der Waals surface area contributed by atoms with Crippen molar-refractivity contribution in [2.75, 3.05) is 5.73 Å². The van der Waals surface area contributed by atoms with Gasteiger partial charge < -0.3 is 10.8 Å². The van der Waals surface area contributed by atoms with Crippen LogP contribution in [0.3, 0.4) is 0 Å². The van der Waals surface area contributed by atoms with Gasteiger partial charge in [-0.15, -0.1) is 0 Å². The summed E-state index contributed by atoms with van der Waals surface area (Å²) >= 11 is 0. The number of aromatic nitrogens is 2. The first-order valence-corrected chi connectivity index (χ1v) is 3.61. The summed E-state index contributed by atoms with van der Waals surface area (Å²) in [6, 6.07) is -0.153. The van der Waals surface area contributed by atoms with Gasteiger partial charge >= 0.3 is 5.97 Å². The Hall–Kier alpha value is -1.52. The van der Waals surface area contributed by atoms with Crippen molar-refractivity contribution in [3.63, 3.8) is 0 Å². The average molecular weight is 169 g/mol. The monoisotopic (exact) mass is 169 g/mol. The third-order valence-electron chi connectivity index (χ3n) is 1.54. The fourth-order valence-electron chi connectivity index (χ4n) is 0.940. The molecular weight excluding hydrogens is 158 g/mol. The molecule has 0 spiro atoms. The van der Waals surface area contributed by atoms with Crippen LogP contribution < -0.4 is 5.73 Å². The molecule has 0 amide bonds. The molecule has 12 heavy (non-hydrogen) atoms. The molecule has 0 bridgehead atoms. The Kier molecular flexibility index (Phi) is 2.32. The SMILES string of the molecule is CC(CC(=O)O)n1cc(N)cn1.